The number of hydrogen-bond acceptors (Lipinski definition) is 3. The first kappa shape index (κ1) is 13.2. The Morgan fingerprint density at radius 3 is 2.47 bits per heavy atom. The first-order chi connectivity index (χ1) is 9.10. The number of anilines is 3. The second-order valence-electron chi connectivity index (χ2n) is 4.27. The van der Waals surface area contributed by atoms with Crippen LogP contribution >= 0.6 is 0 Å². The van der Waals surface area contributed by atoms with Gasteiger partial charge in [0.1, 0.15) is 0 Å². The second kappa shape index (κ2) is 5.61. The van der Waals surface area contributed by atoms with Gasteiger partial charge in [-0.05, 0) is 43.7 Å². The first-order valence-electron chi connectivity index (χ1n) is 6.15. The summed E-state index contributed by atoms with van der Waals surface area (Å²) in [5, 5.41) is 3.11. The van der Waals surface area contributed by atoms with Gasteiger partial charge in [-0.1, -0.05) is 6.07 Å². The Hall–Kier alpha value is -2.23. The van der Waals surface area contributed by atoms with E-state index in [0.29, 0.717) is 18.0 Å². The van der Waals surface area contributed by atoms with E-state index in [-0.39, 0.29) is 11.6 Å². The molecule has 0 spiro atoms. The van der Waals surface area contributed by atoms with Crippen LogP contribution in [0.15, 0.2) is 36.4 Å². The van der Waals surface area contributed by atoms with Gasteiger partial charge in [0.15, 0.2) is 11.6 Å². The van der Waals surface area contributed by atoms with E-state index in [1.54, 1.807) is 12.1 Å². The van der Waals surface area contributed by atoms with Crippen molar-refractivity contribution in [1.29, 1.82) is 0 Å². The molecule has 0 bridgehead atoms. The highest BCUT2D eigenvalue weighted by Crippen LogP contribution is 2.25. The first-order valence-corrected chi connectivity index (χ1v) is 6.15. The Balaban J connectivity index is 2.19. The quantitative estimate of drug-likeness (QED) is 0.821. The molecule has 0 saturated carbocycles. The fourth-order valence-corrected chi connectivity index (χ4v) is 1.74. The average Bonchev–Trinajstić information content (AvgIpc) is 2.37. The van der Waals surface area contributed by atoms with Gasteiger partial charge in [-0.3, -0.25) is 0 Å². The maximum atomic E-state index is 13.7. The molecule has 0 atom stereocenters. The van der Waals surface area contributed by atoms with Crippen molar-refractivity contribution in [1.82, 2.24) is 0 Å². The van der Waals surface area contributed by atoms with Crippen LogP contribution in [-0.2, 0) is 0 Å². The lowest BCUT2D eigenvalue weighted by molar-refractivity contribution is 0.321. The third kappa shape index (κ3) is 3.16. The van der Waals surface area contributed by atoms with Gasteiger partial charge in [0.25, 0.3) is 0 Å². The zero-order valence-electron chi connectivity index (χ0n) is 11.0. The van der Waals surface area contributed by atoms with E-state index in [4.69, 9.17) is 10.5 Å². The molecule has 0 unspecified atom stereocenters. The van der Waals surface area contributed by atoms with Gasteiger partial charge in [0, 0.05) is 23.1 Å². The minimum Gasteiger partial charge on any atom is -0.491 e. The van der Waals surface area contributed by atoms with Gasteiger partial charge in [-0.2, -0.15) is 0 Å². The van der Waals surface area contributed by atoms with E-state index in [2.05, 4.69) is 5.32 Å². The van der Waals surface area contributed by atoms with Crippen LogP contribution in [-0.4, -0.2) is 6.61 Å². The number of aryl methyl sites for hydroxylation is 1. The number of rotatable bonds is 4. The molecule has 2 aromatic carbocycles. The van der Waals surface area contributed by atoms with Gasteiger partial charge in [0.05, 0.1) is 6.61 Å². The van der Waals surface area contributed by atoms with Gasteiger partial charge in [0.2, 0.25) is 0 Å². The zero-order chi connectivity index (χ0) is 13.8. The predicted molar refractivity (Wildman–Crippen MR) is 76.4 cm³/mol. The molecular formula is C15H17FN2O. The summed E-state index contributed by atoms with van der Waals surface area (Å²) >= 11 is 0. The van der Waals surface area contributed by atoms with Crippen molar-refractivity contribution in [2.75, 3.05) is 17.7 Å². The summed E-state index contributed by atoms with van der Waals surface area (Å²) in [4.78, 5) is 0. The largest absolute Gasteiger partial charge is 0.491 e. The van der Waals surface area contributed by atoms with Crippen LogP contribution in [0, 0.1) is 12.7 Å². The Morgan fingerprint density at radius 1 is 1.16 bits per heavy atom. The molecule has 0 aliphatic rings. The van der Waals surface area contributed by atoms with E-state index in [9.17, 15) is 4.39 Å². The highest BCUT2D eigenvalue weighted by Gasteiger charge is 2.05. The summed E-state index contributed by atoms with van der Waals surface area (Å²) < 4.78 is 18.8. The van der Waals surface area contributed by atoms with Crippen LogP contribution in [0.4, 0.5) is 21.5 Å². The van der Waals surface area contributed by atoms with Crippen LogP contribution in [0.2, 0.25) is 0 Å². The summed E-state index contributed by atoms with van der Waals surface area (Å²) in [5.41, 5.74) is 9.04. The minimum absolute atomic E-state index is 0.261. The average molecular weight is 260 g/mol. The lowest BCUT2D eigenvalue weighted by Crippen LogP contribution is -1.97. The Morgan fingerprint density at radius 2 is 1.84 bits per heavy atom. The lowest BCUT2D eigenvalue weighted by atomic mass is 10.2. The second-order valence-corrected chi connectivity index (χ2v) is 4.27. The molecule has 0 aliphatic heterocycles. The van der Waals surface area contributed by atoms with E-state index in [1.165, 1.54) is 6.07 Å². The summed E-state index contributed by atoms with van der Waals surface area (Å²) in [6.07, 6.45) is 0. The topological polar surface area (TPSA) is 47.3 Å². The molecule has 0 aliphatic carbocycles. The van der Waals surface area contributed by atoms with Crippen molar-refractivity contribution in [2.24, 2.45) is 0 Å². The van der Waals surface area contributed by atoms with E-state index >= 15 is 0 Å². The molecule has 2 rings (SSSR count). The molecule has 4 heteroatoms. The number of hydrogen-bond donors (Lipinski definition) is 2. The molecule has 19 heavy (non-hydrogen) atoms. The Kier molecular flexibility index (Phi) is 3.90. The van der Waals surface area contributed by atoms with Crippen LogP contribution in [0.1, 0.15) is 12.5 Å². The van der Waals surface area contributed by atoms with Crippen molar-refractivity contribution < 1.29 is 9.13 Å². The van der Waals surface area contributed by atoms with Crippen molar-refractivity contribution >= 4 is 17.1 Å². The molecule has 100 valence electrons. The molecule has 0 radical (unpaired) electrons. The molecule has 0 amide bonds. The van der Waals surface area contributed by atoms with Crippen molar-refractivity contribution in [3.8, 4) is 5.75 Å². The lowest BCUT2D eigenvalue weighted by Gasteiger charge is -2.10. The number of ether oxygens (including phenoxy) is 1. The Bertz CT molecular complexity index is 584. The summed E-state index contributed by atoms with van der Waals surface area (Å²) in [5.74, 6) is -0.122. The molecule has 0 heterocycles. The third-order valence-electron chi connectivity index (χ3n) is 2.80. The minimum atomic E-state index is -0.382. The number of benzene rings is 2. The molecule has 2 aromatic rings. The molecule has 3 N–H and O–H groups in total. The van der Waals surface area contributed by atoms with Crippen LogP contribution in [0.25, 0.3) is 0 Å². The fraction of sp³-hybridized carbons (Fsp3) is 0.200. The fourth-order valence-electron chi connectivity index (χ4n) is 1.74. The maximum Gasteiger partial charge on any atom is 0.167 e. The van der Waals surface area contributed by atoms with Gasteiger partial charge < -0.3 is 15.8 Å². The monoisotopic (exact) mass is 260 g/mol. The van der Waals surface area contributed by atoms with Crippen molar-refractivity contribution in [3.05, 3.63) is 47.8 Å². The third-order valence-corrected chi connectivity index (χ3v) is 2.80. The van der Waals surface area contributed by atoms with E-state index < -0.39 is 0 Å². The predicted octanol–water partition coefficient (Wildman–Crippen LogP) is 3.86. The van der Waals surface area contributed by atoms with Gasteiger partial charge >= 0.3 is 0 Å². The molecule has 0 aromatic heterocycles. The van der Waals surface area contributed by atoms with Crippen molar-refractivity contribution in [2.45, 2.75) is 13.8 Å². The number of nitrogen functional groups attached to an aromatic ring is 1. The zero-order valence-corrected chi connectivity index (χ0v) is 11.0. The molecule has 0 saturated heterocycles. The normalized spacial score (nSPS) is 10.3. The standard InChI is InChI=1S/C15H17FN2O/c1-3-19-15-7-6-11(8-13(15)16)18-12-5-4-10(2)14(17)9-12/h4-9,18H,3,17H2,1-2H3. The maximum absolute atomic E-state index is 13.7. The summed E-state index contributed by atoms with van der Waals surface area (Å²) in [6, 6.07) is 10.4. The van der Waals surface area contributed by atoms with Crippen molar-refractivity contribution in [3.63, 3.8) is 0 Å². The molecular weight excluding hydrogens is 243 g/mol. The van der Waals surface area contributed by atoms with E-state index in [1.807, 2.05) is 32.0 Å². The van der Waals surface area contributed by atoms with Crippen LogP contribution in [0.3, 0.4) is 0 Å². The van der Waals surface area contributed by atoms with E-state index in [0.717, 1.165) is 11.3 Å². The SMILES string of the molecule is CCOc1ccc(Nc2ccc(C)c(N)c2)cc1F. The number of nitrogens with one attached hydrogen (secondary N) is 1. The summed E-state index contributed by atoms with van der Waals surface area (Å²) in [6.45, 7) is 4.20. The Labute approximate surface area is 112 Å². The molecule has 3 nitrogen and oxygen atoms in total. The van der Waals surface area contributed by atoms with Gasteiger partial charge in [-0.25, -0.2) is 4.39 Å². The van der Waals surface area contributed by atoms with Crippen LogP contribution < -0.4 is 15.8 Å². The van der Waals surface area contributed by atoms with Gasteiger partial charge in [-0.15, -0.1) is 0 Å². The van der Waals surface area contributed by atoms with Crippen LogP contribution in [0.5, 0.6) is 5.75 Å². The smallest absolute Gasteiger partial charge is 0.167 e. The number of nitrogens with two attached hydrogens (primary N) is 1. The highest BCUT2D eigenvalue weighted by molar-refractivity contribution is 5.65. The summed E-state index contributed by atoms with van der Waals surface area (Å²) in [7, 11) is 0. The number of halogens is 1. The highest BCUT2D eigenvalue weighted by atomic mass is 19.1. The molecule has 0 fully saturated rings.